The number of carbonyl (C=O) groups is 1. The summed E-state index contributed by atoms with van der Waals surface area (Å²) in [5.41, 5.74) is 2.70. The molecule has 0 aliphatic carbocycles. The first-order valence-electron chi connectivity index (χ1n) is 5.78. The summed E-state index contributed by atoms with van der Waals surface area (Å²) in [5.74, 6) is -0.239. The Morgan fingerprint density at radius 1 is 1.50 bits per heavy atom. The van der Waals surface area contributed by atoms with Gasteiger partial charge in [0.15, 0.2) is 0 Å². The molecule has 18 heavy (non-hydrogen) atoms. The van der Waals surface area contributed by atoms with Crippen LogP contribution in [-0.2, 0) is 11.2 Å². The van der Waals surface area contributed by atoms with Crippen LogP contribution in [0.3, 0.4) is 0 Å². The summed E-state index contributed by atoms with van der Waals surface area (Å²) >= 11 is 0. The Morgan fingerprint density at radius 3 is 2.78 bits per heavy atom. The Hall–Kier alpha value is -2.03. The second kappa shape index (κ2) is 6.64. The maximum absolute atomic E-state index is 10.8. The lowest BCUT2D eigenvalue weighted by Crippen LogP contribution is -2.06. The molecule has 1 aromatic rings. The van der Waals surface area contributed by atoms with Crippen molar-refractivity contribution in [1.82, 2.24) is 0 Å². The van der Waals surface area contributed by atoms with Crippen molar-refractivity contribution in [3.8, 4) is 5.75 Å². The predicted octanol–water partition coefficient (Wildman–Crippen LogP) is 3.13. The Bertz CT molecular complexity index is 473. The average molecular weight is 246 g/mol. The molecule has 0 fully saturated rings. The SMILES string of the molecule is C=C/C(=C\C)COc1cc(C)ccc1CC(=O)O. The Balaban J connectivity index is 2.88. The monoisotopic (exact) mass is 246 g/mol. The highest BCUT2D eigenvalue weighted by atomic mass is 16.5. The zero-order valence-corrected chi connectivity index (χ0v) is 10.8. The van der Waals surface area contributed by atoms with E-state index in [1.165, 1.54) is 0 Å². The second-order valence-corrected chi connectivity index (χ2v) is 4.04. The molecule has 0 atom stereocenters. The molecule has 3 nitrogen and oxygen atoms in total. The molecule has 0 heterocycles. The van der Waals surface area contributed by atoms with E-state index in [-0.39, 0.29) is 6.42 Å². The summed E-state index contributed by atoms with van der Waals surface area (Å²) in [6.45, 7) is 7.95. The molecule has 0 saturated heterocycles. The van der Waals surface area contributed by atoms with Gasteiger partial charge in [-0.15, -0.1) is 0 Å². The van der Waals surface area contributed by atoms with E-state index in [1.807, 2.05) is 32.1 Å². The lowest BCUT2D eigenvalue weighted by atomic mass is 10.1. The number of aryl methyl sites for hydroxylation is 1. The van der Waals surface area contributed by atoms with Crippen molar-refractivity contribution in [2.75, 3.05) is 6.61 Å². The molecule has 96 valence electrons. The van der Waals surface area contributed by atoms with Crippen LogP contribution in [0, 0.1) is 6.92 Å². The van der Waals surface area contributed by atoms with E-state index in [9.17, 15) is 4.79 Å². The fraction of sp³-hybridized carbons (Fsp3) is 0.267. The van der Waals surface area contributed by atoms with Crippen LogP contribution in [0.2, 0.25) is 0 Å². The lowest BCUT2D eigenvalue weighted by Gasteiger charge is -2.11. The molecule has 0 bridgehead atoms. The van der Waals surface area contributed by atoms with E-state index < -0.39 is 5.97 Å². The summed E-state index contributed by atoms with van der Waals surface area (Å²) in [7, 11) is 0. The highest BCUT2D eigenvalue weighted by Gasteiger charge is 2.08. The van der Waals surface area contributed by atoms with Crippen LogP contribution in [0.4, 0.5) is 0 Å². The number of rotatable bonds is 6. The largest absolute Gasteiger partial charge is 0.489 e. The molecular formula is C15H18O3. The molecule has 0 aliphatic heterocycles. The first kappa shape index (κ1) is 14.0. The lowest BCUT2D eigenvalue weighted by molar-refractivity contribution is -0.136. The Kier molecular flexibility index (Phi) is 5.18. The van der Waals surface area contributed by atoms with Gasteiger partial charge in [0, 0.05) is 5.56 Å². The van der Waals surface area contributed by atoms with Crippen LogP contribution in [0.5, 0.6) is 5.75 Å². The number of benzene rings is 1. The van der Waals surface area contributed by atoms with Crippen LogP contribution < -0.4 is 4.74 Å². The minimum atomic E-state index is -0.862. The number of hydrogen-bond donors (Lipinski definition) is 1. The van der Waals surface area contributed by atoms with Gasteiger partial charge in [-0.25, -0.2) is 0 Å². The van der Waals surface area contributed by atoms with Gasteiger partial charge in [-0.1, -0.05) is 30.9 Å². The smallest absolute Gasteiger partial charge is 0.307 e. The molecule has 0 amide bonds. The average Bonchev–Trinajstić information content (AvgIpc) is 2.33. The van der Waals surface area contributed by atoms with Crippen LogP contribution >= 0.6 is 0 Å². The van der Waals surface area contributed by atoms with E-state index >= 15 is 0 Å². The fourth-order valence-electron chi connectivity index (χ4n) is 1.53. The highest BCUT2D eigenvalue weighted by molar-refractivity contribution is 5.71. The predicted molar refractivity (Wildman–Crippen MR) is 72.0 cm³/mol. The van der Waals surface area contributed by atoms with Crippen molar-refractivity contribution in [2.45, 2.75) is 20.3 Å². The summed E-state index contributed by atoms with van der Waals surface area (Å²) in [4.78, 5) is 10.8. The topological polar surface area (TPSA) is 46.5 Å². The molecular weight excluding hydrogens is 228 g/mol. The molecule has 0 spiro atoms. The zero-order valence-electron chi connectivity index (χ0n) is 10.8. The molecule has 3 heteroatoms. The standard InChI is InChI=1S/C15H18O3/c1-4-12(5-2)10-18-14-8-11(3)6-7-13(14)9-15(16)17/h4-8H,1,9-10H2,2-3H3,(H,16,17)/b12-5+. The van der Waals surface area contributed by atoms with Gasteiger partial charge in [0.25, 0.3) is 0 Å². The van der Waals surface area contributed by atoms with Gasteiger partial charge >= 0.3 is 5.97 Å². The van der Waals surface area contributed by atoms with Crippen molar-refractivity contribution >= 4 is 5.97 Å². The number of ether oxygens (including phenoxy) is 1. The van der Waals surface area contributed by atoms with Gasteiger partial charge in [-0.05, 0) is 31.1 Å². The molecule has 1 rings (SSSR count). The quantitative estimate of drug-likeness (QED) is 0.784. The number of carboxylic acid groups (broad SMARTS) is 1. The second-order valence-electron chi connectivity index (χ2n) is 4.04. The molecule has 1 N–H and O–H groups in total. The Morgan fingerprint density at radius 2 is 2.22 bits per heavy atom. The van der Waals surface area contributed by atoms with E-state index in [1.54, 1.807) is 12.1 Å². The summed E-state index contributed by atoms with van der Waals surface area (Å²) < 4.78 is 5.66. The third-order valence-corrected chi connectivity index (χ3v) is 2.59. The van der Waals surface area contributed by atoms with E-state index in [0.717, 1.165) is 11.1 Å². The van der Waals surface area contributed by atoms with Crippen molar-refractivity contribution in [2.24, 2.45) is 0 Å². The molecule has 0 saturated carbocycles. The van der Waals surface area contributed by atoms with Crippen LogP contribution in [-0.4, -0.2) is 17.7 Å². The molecule has 1 aromatic carbocycles. The van der Waals surface area contributed by atoms with Crippen molar-refractivity contribution in [3.63, 3.8) is 0 Å². The van der Waals surface area contributed by atoms with Gasteiger partial charge in [0.1, 0.15) is 12.4 Å². The third kappa shape index (κ3) is 4.09. The number of aliphatic carboxylic acids is 1. The van der Waals surface area contributed by atoms with Crippen molar-refractivity contribution in [1.29, 1.82) is 0 Å². The molecule has 0 aromatic heterocycles. The minimum Gasteiger partial charge on any atom is -0.489 e. The summed E-state index contributed by atoms with van der Waals surface area (Å²) in [6.07, 6.45) is 3.61. The van der Waals surface area contributed by atoms with Gasteiger partial charge in [0.2, 0.25) is 0 Å². The maximum atomic E-state index is 10.8. The molecule has 0 unspecified atom stereocenters. The first-order chi connectivity index (χ1) is 8.56. The molecule has 0 aliphatic rings. The van der Waals surface area contributed by atoms with Crippen molar-refractivity contribution in [3.05, 3.63) is 53.6 Å². The summed E-state index contributed by atoms with van der Waals surface area (Å²) in [6, 6.07) is 5.53. The van der Waals surface area contributed by atoms with Gasteiger partial charge in [-0.3, -0.25) is 4.79 Å². The number of allylic oxidation sites excluding steroid dienone is 1. The van der Waals surface area contributed by atoms with Crippen molar-refractivity contribution < 1.29 is 14.6 Å². The van der Waals surface area contributed by atoms with Gasteiger partial charge in [0.05, 0.1) is 6.42 Å². The van der Waals surface area contributed by atoms with Gasteiger partial charge in [-0.2, -0.15) is 0 Å². The van der Waals surface area contributed by atoms with E-state index in [4.69, 9.17) is 9.84 Å². The van der Waals surface area contributed by atoms with Crippen LogP contribution in [0.25, 0.3) is 0 Å². The summed E-state index contributed by atoms with van der Waals surface area (Å²) in [5, 5.41) is 8.85. The maximum Gasteiger partial charge on any atom is 0.307 e. The zero-order chi connectivity index (χ0) is 13.5. The first-order valence-corrected chi connectivity index (χ1v) is 5.78. The number of carboxylic acids is 1. The van der Waals surface area contributed by atoms with Crippen LogP contribution in [0.1, 0.15) is 18.1 Å². The fourth-order valence-corrected chi connectivity index (χ4v) is 1.53. The van der Waals surface area contributed by atoms with Gasteiger partial charge < -0.3 is 9.84 Å². The minimum absolute atomic E-state index is 0.0329. The Labute approximate surface area is 107 Å². The number of hydrogen-bond acceptors (Lipinski definition) is 2. The van der Waals surface area contributed by atoms with Crippen LogP contribution in [0.15, 0.2) is 42.5 Å². The van der Waals surface area contributed by atoms with E-state index in [2.05, 4.69) is 6.58 Å². The highest BCUT2D eigenvalue weighted by Crippen LogP contribution is 2.21. The normalized spacial score (nSPS) is 11.1. The van der Waals surface area contributed by atoms with E-state index in [0.29, 0.717) is 17.9 Å². The third-order valence-electron chi connectivity index (χ3n) is 2.59. The molecule has 0 radical (unpaired) electrons.